The Morgan fingerprint density at radius 2 is 1.81 bits per heavy atom. The first kappa shape index (κ1) is 21.7. The van der Waals surface area contributed by atoms with Crippen LogP contribution in [0.3, 0.4) is 0 Å². The molecule has 0 N–H and O–H groups in total. The molecule has 1 aliphatic heterocycles. The van der Waals surface area contributed by atoms with E-state index in [0.29, 0.717) is 52.4 Å². The minimum atomic E-state index is -0.662. The molecule has 0 unspecified atom stereocenters. The van der Waals surface area contributed by atoms with Crippen LogP contribution in [-0.2, 0) is 0 Å². The number of ether oxygens (including phenoxy) is 3. The third-order valence-corrected chi connectivity index (χ3v) is 5.69. The van der Waals surface area contributed by atoms with Crippen LogP contribution in [0.1, 0.15) is 27.7 Å². The second kappa shape index (κ2) is 8.55. The highest BCUT2D eigenvalue weighted by Crippen LogP contribution is 2.44. The number of para-hydroxylation sites is 1. The van der Waals surface area contributed by atoms with Gasteiger partial charge in [0.15, 0.2) is 16.9 Å². The van der Waals surface area contributed by atoms with E-state index in [1.165, 1.54) is 7.11 Å². The average molecular weight is 438 g/mol. The van der Waals surface area contributed by atoms with Crippen LogP contribution in [0.25, 0.3) is 11.0 Å². The van der Waals surface area contributed by atoms with E-state index in [1.54, 1.807) is 43.4 Å². The molecule has 1 aliphatic rings. The number of carbonyl (C=O) groups excluding carboxylic acids is 1. The molecule has 0 saturated heterocycles. The van der Waals surface area contributed by atoms with Gasteiger partial charge in [0.1, 0.15) is 11.3 Å². The van der Waals surface area contributed by atoms with Crippen molar-refractivity contribution in [2.75, 3.05) is 48.5 Å². The van der Waals surface area contributed by atoms with Gasteiger partial charge in [0.05, 0.1) is 38.3 Å². The summed E-state index contributed by atoms with van der Waals surface area (Å²) in [6, 6.07) is 9.75. The lowest BCUT2D eigenvalue weighted by Crippen LogP contribution is -2.35. The predicted octanol–water partition coefficient (Wildman–Crippen LogP) is 2.93. The van der Waals surface area contributed by atoms with Gasteiger partial charge in [-0.05, 0) is 32.3 Å². The van der Waals surface area contributed by atoms with E-state index in [-0.39, 0.29) is 17.1 Å². The van der Waals surface area contributed by atoms with Crippen LogP contribution in [-0.4, -0.2) is 64.2 Å². The van der Waals surface area contributed by atoms with Crippen molar-refractivity contribution < 1.29 is 23.4 Å². The summed E-state index contributed by atoms with van der Waals surface area (Å²) in [5.41, 5.74) is 1.03. The highest BCUT2D eigenvalue weighted by molar-refractivity contribution is 5.99. The van der Waals surface area contributed by atoms with Crippen LogP contribution in [0.2, 0.25) is 0 Å². The van der Waals surface area contributed by atoms with E-state index < -0.39 is 6.04 Å². The molecular formula is C24H26N2O6. The van der Waals surface area contributed by atoms with Gasteiger partial charge in [0, 0.05) is 24.7 Å². The van der Waals surface area contributed by atoms with E-state index in [4.69, 9.17) is 18.6 Å². The van der Waals surface area contributed by atoms with E-state index >= 15 is 0 Å². The average Bonchev–Trinajstić information content (AvgIpc) is 3.08. The molecule has 0 saturated carbocycles. The number of nitrogens with zero attached hydrogens (tertiary/aromatic N) is 2. The summed E-state index contributed by atoms with van der Waals surface area (Å²) in [4.78, 5) is 30.7. The van der Waals surface area contributed by atoms with Gasteiger partial charge in [0.25, 0.3) is 5.91 Å². The first-order chi connectivity index (χ1) is 15.4. The molecule has 168 valence electrons. The summed E-state index contributed by atoms with van der Waals surface area (Å²) in [5, 5.41) is 0.388. The molecule has 1 amide bonds. The number of rotatable bonds is 7. The molecule has 1 atom stereocenters. The smallest absolute Gasteiger partial charge is 0.290 e. The number of amides is 1. The molecule has 0 bridgehead atoms. The molecule has 4 rings (SSSR count). The summed E-state index contributed by atoms with van der Waals surface area (Å²) in [6.45, 7) is 1.02. The number of hydrogen-bond acceptors (Lipinski definition) is 7. The van der Waals surface area contributed by atoms with Crippen LogP contribution in [0, 0.1) is 0 Å². The lowest BCUT2D eigenvalue weighted by atomic mass is 9.97. The van der Waals surface area contributed by atoms with Crippen molar-refractivity contribution in [1.82, 2.24) is 9.80 Å². The molecule has 0 radical (unpaired) electrons. The van der Waals surface area contributed by atoms with Gasteiger partial charge in [-0.25, -0.2) is 0 Å². The van der Waals surface area contributed by atoms with Gasteiger partial charge in [0.2, 0.25) is 5.76 Å². The van der Waals surface area contributed by atoms with Gasteiger partial charge in [-0.15, -0.1) is 0 Å². The van der Waals surface area contributed by atoms with Crippen molar-refractivity contribution >= 4 is 16.9 Å². The normalized spacial score (nSPS) is 15.4. The first-order valence-corrected chi connectivity index (χ1v) is 10.2. The third kappa shape index (κ3) is 3.46. The minimum Gasteiger partial charge on any atom is -0.497 e. The number of hydrogen-bond donors (Lipinski definition) is 0. The topological polar surface area (TPSA) is 81.5 Å². The van der Waals surface area contributed by atoms with Crippen molar-refractivity contribution in [2.24, 2.45) is 0 Å². The Labute approximate surface area is 185 Å². The third-order valence-electron chi connectivity index (χ3n) is 5.69. The highest BCUT2D eigenvalue weighted by Gasteiger charge is 2.44. The number of fused-ring (bicyclic) bond motifs is 2. The Morgan fingerprint density at radius 1 is 1.03 bits per heavy atom. The largest absolute Gasteiger partial charge is 0.497 e. The summed E-state index contributed by atoms with van der Waals surface area (Å²) in [7, 11) is 8.48. The zero-order valence-corrected chi connectivity index (χ0v) is 18.8. The molecule has 2 heterocycles. The van der Waals surface area contributed by atoms with E-state index in [0.717, 1.165) is 0 Å². The molecule has 0 spiro atoms. The van der Waals surface area contributed by atoms with Crippen molar-refractivity contribution in [2.45, 2.75) is 6.04 Å². The molecule has 2 aromatic carbocycles. The Balaban J connectivity index is 1.99. The van der Waals surface area contributed by atoms with Crippen LogP contribution in [0.15, 0.2) is 45.6 Å². The summed E-state index contributed by atoms with van der Waals surface area (Å²) < 4.78 is 22.3. The van der Waals surface area contributed by atoms with Crippen LogP contribution < -0.4 is 19.6 Å². The molecule has 8 heteroatoms. The molecule has 3 aromatic rings. The summed E-state index contributed by atoms with van der Waals surface area (Å²) in [6.07, 6.45) is 0. The Bertz CT molecular complexity index is 1230. The number of carbonyl (C=O) groups is 1. The van der Waals surface area contributed by atoms with Crippen molar-refractivity contribution in [1.29, 1.82) is 0 Å². The van der Waals surface area contributed by atoms with Gasteiger partial charge in [-0.1, -0.05) is 12.1 Å². The van der Waals surface area contributed by atoms with Crippen LogP contribution in [0.5, 0.6) is 17.2 Å². The fourth-order valence-electron chi connectivity index (χ4n) is 4.11. The highest BCUT2D eigenvalue weighted by atomic mass is 16.5. The van der Waals surface area contributed by atoms with Crippen LogP contribution in [0.4, 0.5) is 0 Å². The molecular weight excluding hydrogens is 412 g/mol. The maximum absolute atomic E-state index is 13.6. The van der Waals surface area contributed by atoms with Crippen molar-refractivity contribution in [3.8, 4) is 17.2 Å². The monoisotopic (exact) mass is 438 g/mol. The van der Waals surface area contributed by atoms with Gasteiger partial charge >= 0.3 is 0 Å². The summed E-state index contributed by atoms with van der Waals surface area (Å²) in [5.74, 6) is 1.25. The summed E-state index contributed by atoms with van der Waals surface area (Å²) >= 11 is 0. The molecule has 0 aliphatic carbocycles. The van der Waals surface area contributed by atoms with Crippen molar-refractivity contribution in [3.05, 3.63) is 63.5 Å². The van der Waals surface area contributed by atoms with Crippen molar-refractivity contribution in [3.63, 3.8) is 0 Å². The second-order valence-corrected chi connectivity index (χ2v) is 7.82. The number of likely N-dealkylation sites (N-methyl/N-ethyl adjacent to an activating group) is 1. The predicted molar refractivity (Wildman–Crippen MR) is 120 cm³/mol. The molecule has 32 heavy (non-hydrogen) atoms. The van der Waals surface area contributed by atoms with Gasteiger partial charge in [-0.3, -0.25) is 9.59 Å². The van der Waals surface area contributed by atoms with E-state index in [1.807, 2.05) is 31.1 Å². The number of methoxy groups -OCH3 is 3. The fourth-order valence-corrected chi connectivity index (χ4v) is 4.11. The Kier molecular flexibility index (Phi) is 5.80. The second-order valence-electron chi connectivity index (χ2n) is 7.82. The zero-order valence-electron chi connectivity index (χ0n) is 18.8. The van der Waals surface area contributed by atoms with Crippen LogP contribution >= 0.6 is 0 Å². The standard InChI is InChI=1S/C24H26N2O6/c1-25(2)11-12-26-20(16-7-6-8-17(30-4)22(16)31-5)19-21(27)15-10-9-14(29-3)13-18(15)32-23(19)24(26)28/h6-10,13,20H,11-12H2,1-5H3/t20-/m0/s1. The maximum atomic E-state index is 13.6. The zero-order chi connectivity index (χ0) is 23.0. The molecule has 0 fully saturated rings. The fraction of sp³-hybridized carbons (Fsp3) is 0.333. The first-order valence-electron chi connectivity index (χ1n) is 10.2. The SMILES string of the molecule is COc1ccc2c(=O)c3c(oc2c1)C(=O)N(CCN(C)C)[C@H]3c1cccc(OC)c1OC. The Hall–Kier alpha value is -3.52. The Morgan fingerprint density at radius 3 is 2.47 bits per heavy atom. The number of benzene rings is 2. The van der Waals surface area contributed by atoms with E-state index in [2.05, 4.69) is 0 Å². The lowest BCUT2D eigenvalue weighted by Gasteiger charge is -2.28. The maximum Gasteiger partial charge on any atom is 0.290 e. The molecule has 8 nitrogen and oxygen atoms in total. The van der Waals surface area contributed by atoms with Gasteiger partial charge < -0.3 is 28.4 Å². The van der Waals surface area contributed by atoms with E-state index in [9.17, 15) is 9.59 Å². The van der Waals surface area contributed by atoms with Gasteiger partial charge in [-0.2, -0.15) is 0 Å². The quantitative estimate of drug-likeness (QED) is 0.561. The lowest BCUT2D eigenvalue weighted by molar-refractivity contribution is 0.0715. The molecule has 1 aromatic heterocycles. The minimum absolute atomic E-state index is 0.0457.